The molecule has 0 fully saturated rings. The van der Waals surface area contributed by atoms with Crippen LogP contribution in [0.25, 0.3) is 11.1 Å². The van der Waals surface area contributed by atoms with Gasteiger partial charge in [-0.05, 0) is 29.7 Å². The third-order valence-corrected chi connectivity index (χ3v) is 3.57. The lowest BCUT2D eigenvalue weighted by molar-refractivity contribution is -0.118. The standard InChI is InChI=1S/C18H22N2O2/c1-12(2)17(19)18(21)20-14-8-6-7-13(11-14)15-9-4-5-10-16(15)22-3/h4-12,17H,19H2,1-3H3,(H,20,21)/t17-/m0/s1. The van der Waals surface area contributed by atoms with Crippen LogP contribution in [0.5, 0.6) is 5.75 Å². The normalized spacial score (nSPS) is 12.0. The highest BCUT2D eigenvalue weighted by Gasteiger charge is 2.17. The average Bonchev–Trinajstić information content (AvgIpc) is 2.54. The maximum atomic E-state index is 12.1. The van der Waals surface area contributed by atoms with Crippen LogP contribution in [0.2, 0.25) is 0 Å². The summed E-state index contributed by atoms with van der Waals surface area (Å²) in [6, 6.07) is 14.9. The summed E-state index contributed by atoms with van der Waals surface area (Å²) >= 11 is 0. The molecule has 0 heterocycles. The van der Waals surface area contributed by atoms with Gasteiger partial charge in [0.25, 0.3) is 0 Å². The molecule has 0 radical (unpaired) electrons. The van der Waals surface area contributed by atoms with E-state index in [1.54, 1.807) is 7.11 Å². The topological polar surface area (TPSA) is 64.3 Å². The number of benzene rings is 2. The van der Waals surface area contributed by atoms with Gasteiger partial charge in [0.2, 0.25) is 5.91 Å². The van der Waals surface area contributed by atoms with Crippen LogP contribution in [0, 0.1) is 5.92 Å². The predicted molar refractivity (Wildman–Crippen MR) is 89.9 cm³/mol. The lowest BCUT2D eigenvalue weighted by atomic mass is 10.0. The van der Waals surface area contributed by atoms with Gasteiger partial charge in [0.15, 0.2) is 0 Å². The highest BCUT2D eigenvalue weighted by Crippen LogP contribution is 2.30. The fraction of sp³-hybridized carbons (Fsp3) is 0.278. The second kappa shape index (κ2) is 7.09. The lowest BCUT2D eigenvalue weighted by Gasteiger charge is -2.16. The molecule has 0 aliphatic carbocycles. The number of para-hydroxylation sites is 1. The zero-order valence-electron chi connectivity index (χ0n) is 13.2. The number of carbonyl (C=O) groups excluding carboxylic acids is 1. The summed E-state index contributed by atoms with van der Waals surface area (Å²) in [5.74, 6) is 0.717. The molecule has 0 spiro atoms. The summed E-state index contributed by atoms with van der Waals surface area (Å²) in [4.78, 5) is 12.1. The highest BCUT2D eigenvalue weighted by atomic mass is 16.5. The van der Waals surface area contributed by atoms with Gasteiger partial charge in [-0.15, -0.1) is 0 Å². The van der Waals surface area contributed by atoms with Gasteiger partial charge < -0.3 is 15.8 Å². The maximum absolute atomic E-state index is 12.1. The maximum Gasteiger partial charge on any atom is 0.241 e. The monoisotopic (exact) mass is 298 g/mol. The number of methoxy groups -OCH3 is 1. The number of nitrogens with one attached hydrogen (secondary N) is 1. The molecule has 3 N–H and O–H groups in total. The van der Waals surface area contributed by atoms with Crippen LogP contribution < -0.4 is 15.8 Å². The number of hydrogen-bond acceptors (Lipinski definition) is 3. The van der Waals surface area contributed by atoms with Crippen LogP contribution in [-0.4, -0.2) is 19.1 Å². The molecular weight excluding hydrogens is 276 g/mol. The Hall–Kier alpha value is -2.33. The molecule has 1 amide bonds. The molecule has 2 aromatic rings. The van der Waals surface area contributed by atoms with E-state index < -0.39 is 6.04 Å². The van der Waals surface area contributed by atoms with Crippen LogP contribution in [0.4, 0.5) is 5.69 Å². The number of carbonyl (C=O) groups is 1. The van der Waals surface area contributed by atoms with E-state index in [0.717, 1.165) is 22.6 Å². The van der Waals surface area contributed by atoms with E-state index in [-0.39, 0.29) is 11.8 Å². The quantitative estimate of drug-likeness (QED) is 0.890. The minimum atomic E-state index is -0.519. The van der Waals surface area contributed by atoms with E-state index in [1.165, 1.54) is 0 Å². The fourth-order valence-electron chi connectivity index (χ4n) is 2.18. The van der Waals surface area contributed by atoms with Gasteiger partial charge in [0.1, 0.15) is 5.75 Å². The molecule has 0 unspecified atom stereocenters. The van der Waals surface area contributed by atoms with Crippen molar-refractivity contribution in [2.75, 3.05) is 12.4 Å². The van der Waals surface area contributed by atoms with E-state index in [4.69, 9.17) is 10.5 Å². The van der Waals surface area contributed by atoms with Gasteiger partial charge in [0.05, 0.1) is 13.2 Å². The summed E-state index contributed by atoms with van der Waals surface area (Å²) in [5.41, 5.74) is 8.56. The van der Waals surface area contributed by atoms with E-state index >= 15 is 0 Å². The van der Waals surface area contributed by atoms with Crippen molar-refractivity contribution in [1.82, 2.24) is 0 Å². The number of hydrogen-bond donors (Lipinski definition) is 2. The zero-order chi connectivity index (χ0) is 16.1. The number of anilines is 1. The minimum Gasteiger partial charge on any atom is -0.496 e. The summed E-state index contributed by atoms with van der Waals surface area (Å²) in [5, 5.41) is 2.87. The Balaban J connectivity index is 2.25. The lowest BCUT2D eigenvalue weighted by Crippen LogP contribution is -2.39. The van der Waals surface area contributed by atoms with Crippen LogP contribution in [0.3, 0.4) is 0 Å². The van der Waals surface area contributed by atoms with Gasteiger partial charge in [-0.3, -0.25) is 4.79 Å². The van der Waals surface area contributed by atoms with E-state index in [0.29, 0.717) is 0 Å². The highest BCUT2D eigenvalue weighted by molar-refractivity contribution is 5.95. The fourth-order valence-corrected chi connectivity index (χ4v) is 2.18. The first-order valence-corrected chi connectivity index (χ1v) is 7.33. The second-order valence-electron chi connectivity index (χ2n) is 5.54. The van der Waals surface area contributed by atoms with Crippen molar-refractivity contribution in [2.24, 2.45) is 11.7 Å². The SMILES string of the molecule is COc1ccccc1-c1cccc(NC(=O)[C@@H](N)C(C)C)c1. The molecule has 0 saturated carbocycles. The predicted octanol–water partition coefficient (Wildman–Crippen LogP) is 3.28. The van der Waals surface area contributed by atoms with Crippen molar-refractivity contribution >= 4 is 11.6 Å². The van der Waals surface area contributed by atoms with Gasteiger partial charge in [-0.1, -0.05) is 44.2 Å². The first-order chi connectivity index (χ1) is 10.5. The second-order valence-corrected chi connectivity index (χ2v) is 5.54. The molecule has 4 heteroatoms. The Bertz CT molecular complexity index is 653. The molecule has 0 aliphatic heterocycles. The van der Waals surface area contributed by atoms with Crippen molar-refractivity contribution in [2.45, 2.75) is 19.9 Å². The molecule has 2 aromatic carbocycles. The number of amides is 1. The first kappa shape index (κ1) is 16.0. The first-order valence-electron chi connectivity index (χ1n) is 7.33. The van der Waals surface area contributed by atoms with Crippen LogP contribution in [0.15, 0.2) is 48.5 Å². The van der Waals surface area contributed by atoms with E-state index in [9.17, 15) is 4.79 Å². The molecule has 0 aromatic heterocycles. The van der Waals surface area contributed by atoms with Crippen LogP contribution in [0.1, 0.15) is 13.8 Å². The molecule has 4 nitrogen and oxygen atoms in total. The summed E-state index contributed by atoms with van der Waals surface area (Å²) in [6.45, 7) is 3.85. The third-order valence-electron chi connectivity index (χ3n) is 3.57. The van der Waals surface area contributed by atoms with Crippen molar-refractivity contribution in [3.63, 3.8) is 0 Å². The largest absolute Gasteiger partial charge is 0.496 e. The number of ether oxygens (including phenoxy) is 1. The third kappa shape index (κ3) is 3.65. The molecule has 2 rings (SSSR count). The van der Waals surface area contributed by atoms with Gasteiger partial charge >= 0.3 is 0 Å². The van der Waals surface area contributed by atoms with Crippen molar-refractivity contribution in [3.05, 3.63) is 48.5 Å². The molecule has 0 saturated heterocycles. The average molecular weight is 298 g/mol. The number of nitrogens with two attached hydrogens (primary N) is 1. The van der Waals surface area contributed by atoms with Crippen molar-refractivity contribution in [3.8, 4) is 16.9 Å². The van der Waals surface area contributed by atoms with Gasteiger partial charge in [-0.25, -0.2) is 0 Å². The Kier molecular flexibility index (Phi) is 5.17. The van der Waals surface area contributed by atoms with Gasteiger partial charge in [0, 0.05) is 11.3 Å². The van der Waals surface area contributed by atoms with Crippen LogP contribution >= 0.6 is 0 Å². The summed E-state index contributed by atoms with van der Waals surface area (Å²) in [7, 11) is 1.64. The molecule has 22 heavy (non-hydrogen) atoms. The minimum absolute atomic E-state index is 0.0948. The summed E-state index contributed by atoms with van der Waals surface area (Å²) < 4.78 is 5.38. The van der Waals surface area contributed by atoms with Crippen molar-refractivity contribution < 1.29 is 9.53 Å². The number of rotatable bonds is 5. The smallest absolute Gasteiger partial charge is 0.241 e. The Morgan fingerprint density at radius 1 is 1.14 bits per heavy atom. The Labute approximate surface area is 131 Å². The Morgan fingerprint density at radius 3 is 2.55 bits per heavy atom. The Morgan fingerprint density at radius 2 is 1.86 bits per heavy atom. The molecule has 0 aliphatic rings. The van der Waals surface area contributed by atoms with Crippen molar-refractivity contribution in [1.29, 1.82) is 0 Å². The summed E-state index contributed by atoms with van der Waals surface area (Å²) in [6.07, 6.45) is 0. The van der Waals surface area contributed by atoms with Gasteiger partial charge in [-0.2, -0.15) is 0 Å². The zero-order valence-corrected chi connectivity index (χ0v) is 13.2. The van der Waals surface area contributed by atoms with Crippen LogP contribution in [-0.2, 0) is 4.79 Å². The molecular formula is C18H22N2O2. The van der Waals surface area contributed by atoms with E-state index in [2.05, 4.69) is 5.32 Å². The molecule has 116 valence electrons. The van der Waals surface area contributed by atoms with E-state index in [1.807, 2.05) is 62.4 Å². The molecule has 1 atom stereocenters. The molecule has 0 bridgehead atoms.